The van der Waals surface area contributed by atoms with Crippen molar-refractivity contribution in [3.63, 3.8) is 0 Å². The molecule has 1 N–H and O–H groups in total. The van der Waals surface area contributed by atoms with E-state index in [0.29, 0.717) is 11.4 Å². The Morgan fingerprint density at radius 3 is 2.18 bits per heavy atom. The van der Waals surface area contributed by atoms with Crippen LogP contribution < -0.4 is 14.4 Å². The highest BCUT2D eigenvalue weighted by atomic mass is 32.2. The molecule has 1 unspecified atom stereocenters. The van der Waals surface area contributed by atoms with Crippen LogP contribution in [0.5, 0.6) is 5.75 Å². The smallest absolute Gasteiger partial charge is 0.244 e. The maximum absolute atomic E-state index is 14.3. The first-order valence-electron chi connectivity index (χ1n) is 15.4. The Morgan fingerprint density at radius 1 is 0.909 bits per heavy atom. The monoisotopic (exact) mass is 619 g/mol. The summed E-state index contributed by atoms with van der Waals surface area (Å²) in [6, 6.07) is 23.4. The molecule has 1 aliphatic rings. The van der Waals surface area contributed by atoms with Gasteiger partial charge in [-0.1, -0.05) is 87.7 Å². The lowest BCUT2D eigenvalue weighted by atomic mass is 9.94. The lowest BCUT2D eigenvalue weighted by Gasteiger charge is -2.35. The first kappa shape index (κ1) is 33.1. The Labute approximate surface area is 262 Å². The van der Waals surface area contributed by atoms with Gasteiger partial charge in [-0.15, -0.1) is 0 Å². The summed E-state index contributed by atoms with van der Waals surface area (Å²) in [7, 11) is -2.25. The molecular formula is C35H45N3O5S. The van der Waals surface area contributed by atoms with E-state index in [0.717, 1.165) is 59.4 Å². The Morgan fingerprint density at radius 2 is 1.57 bits per heavy atom. The number of amides is 2. The first-order valence-corrected chi connectivity index (χ1v) is 17.2. The van der Waals surface area contributed by atoms with Crippen LogP contribution in [0.3, 0.4) is 0 Å². The minimum Gasteiger partial charge on any atom is -0.497 e. The lowest BCUT2D eigenvalue weighted by molar-refractivity contribution is -0.140. The van der Waals surface area contributed by atoms with Crippen molar-refractivity contribution < 1.29 is 22.7 Å². The molecule has 0 saturated heterocycles. The predicted molar refractivity (Wildman–Crippen MR) is 175 cm³/mol. The normalized spacial score (nSPS) is 14.6. The van der Waals surface area contributed by atoms with Gasteiger partial charge >= 0.3 is 0 Å². The second-order valence-corrected chi connectivity index (χ2v) is 13.8. The van der Waals surface area contributed by atoms with Crippen LogP contribution in [0.25, 0.3) is 0 Å². The summed E-state index contributed by atoms with van der Waals surface area (Å²) < 4.78 is 32.7. The van der Waals surface area contributed by atoms with E-state index in [9.17, 15) is 18.0 Å². The molecule has 0 aromatic heterocycles. The second-order valence-electron chi connectivity index (χ2n) is 11.9. The molecule has 1 atom stereocenters. The largest absolute Gasteiger partial charge is 0.497 e. The van der Waals surface area contributed by atoms with E-state index in [2.05, 4.69) is 19.2 Å². The fourth-order valence-corrected chi connectivity index (χ4v) is 6.55. The van der Waals surface area contributed by atoms with Gasteiger partial charge in [0, 0.05) is 19.0 Å². The first-order chi connectivity index (χ1) is 21.0. The molecule has 1 saturated carbocycles. The summed E-state index contributed by atoms with van der Waals surface area (Å²) in [5.74, 6) is 0.205. The van der Waals surface area contributed by atoms with Gasteiger partial charge in [0.2, 0.25) is 21.8 Å². The topological polar surface area (TPSA) is 96.0 Å². The van der Waals surface area contributed by atoms with E-state index in [1.807, 2.05) is 66.7 Å². The summed E-state index contributed by atoms with van der Waals surface area (Å²) in [4.78, 5) is 29.9. The highest BCUT2D eigenvalue weighted by molar-refractivity contribution is 7.92. The van der Waals surface area contributed by atoms with Gasteiger partial charge in [0.25, 0.3) is 0 Å². The van der Waals surface area contributed by atoms with E-state index < -0.39 is 28.5 Å². The van der Waals surface area contributed by atoms with Gasteiger partial charge in [0.05, 0.1) is 19.1 Å². The number of nitrogens with one attached hydrogen (secondary N) is 1. The van der Waals surface area contributed by atoms with Crippen LogP contribution in [0, 0.1) is 0 Å². The Bertz CT molecular complexity index is 1490. The highest BCUT2D eigenvalue weighted by Crippen LogP contribution is 2.25. The number of ether oxygens (including phenoxy) is 1. The minimum atomic E-state index is -3.83. The molecule has 4 rings (SSSR count). The average Bonchev–Trinajstić information content (AvgIpc) is 3.02. The third kappa shape index (κ3) is 9.08. The average molecular weight is 620 g/mol. The number of rotatable bonds is 13. The zero-order chi connectivity index (χ0) is 31.7. The number of sulfonamides is 1. The number of benzene rings is 3. The molecule has 236 valence electrons. The molecular weight excluding hydrogens is 574 g/mol. The van der Waals surface area contributed by atoms with Crippen molar-refractivity contribution in [3.05, 3.63) is 95.6 Å². The van der Waals surface area contributed by atoms with E-state index in [1.165, 1.54) is 4.90 Å². The van der Waals surface area contributed by atoms with Crippen LogP contribution >= 0.6 is 0 Å². The van der Waals surface area contributed by atoms with Gasteiger partial charge in [-0.05, 0) is 59.7 Å². The molecule has 0 spiro atoms. The second kappa shape index (κ2) is 15.2. The molecule has 0 radical (unpaired) electrons. The number of hydrogen-bond acceptors (Lipinski definition) is 5. The van der Waals surface area contributed by atoms with Crippen molar-refractivity contribution in [3.8, 4) is 5.75 Å². The van der Waals surface area contributed by atoms with Crippen LogP contribution in [0.15, 0.2) is 78.9 Å². The number of methoxy groups -OCH3 is 1. The van der Waals surface area contributed by atoms with E-state index in [1.54, 1.807) is 19.2 Å². The molecule has 3 aromatic carbocycles. The summed E-state index contributed by atoms with van der Waals surface area (Å²) in [5, 5.41) is 3.23. The molecule has 2 amide bonds. The van der Waals surface area contributed by atoms with Gasteiger partial charge in [-0.2, -0.15) is 0 Å². The zero-order valence-electron chi connectivity index (χ0n) is 26.2. The van der Waals surface area contributed by atoms with E-state index in [-0.39, 0.29) is 30.8 Å². The fraction of sp³-hybridized carbons (Fsp3) is 0.429. The maximum atomic E-state index is 14.3. The molecule has 44 heavy (non-hydrogen) atoms. The Balaban J connectivity index is 1.72. The fourth-order valence-electron chi connectivity index (χ4n) is 5.70. The predicted octanol–water partition coefficient (Wildman–Crippen LogP) is 5.67. The summed E-state index contributed by atoms with van der Waals surface area (Å²) in [6.45, 7) is 3.80. The third-order valence-corrected chi connectivity index (χ3v) is 9.38. The standard InChI is InChI=1S/C35H45N3O5S/c1-26(2)29-18-20-31(21-19-29)38(44(4,41)42)25-34(39)37(24-28-14-11-17-32(22-28)43-3)33(23-27-12-7-5-8-13-27)35(40)36-30-15-9-6-10-16-30/h5,7-8,11-14,17-22,26,30,33H,6,9-10,15-16,23-25H2,1-4H3,(H,36,40). The number of carbonyl (C=O) groups excluding carboxylic acids is 2. The number of hydrogen-bond donors (Lipinski definition) is 1. The van der Waals surface area contributed by atoms with Crippen LogP contribution in [-0.2, 0) is 32.6 Å². The lowest BCUT2D eigenvalue weighted by Crippen LogP contribution is -2.55. The van der Waals surface area contributed by atoms with Crippen LogP contribution in [0.1, 0.15) is 68.6 Å². The highest BCUT2D eigenvalue weighted by Gasteiger charge is 2.34. The van der Waals surface area contributed by atoms with Crippen molar-refractivity contribution in [2.45, 2.75) is 76.9 Å². The van der Waals surface area contributed by atoms with Gasteiger partial charge < -0.3 is 15.0 Å². The van der Waals surface area contributed by atoms with Gasteiger partial charge in [0.15, 0.2) is 0 Å². The Hall–Kier alpha value is -3.85. The van der Waals surface area contributed by atoms with Crippen molar-refractivity contribution >= 4 is 27.5 Å². The molecule has 1 aliphatic carbocycles. The van der Waals surface area contributed by atoms with Crippen molar-refractivity contribution in [2.24, 2.45) is 0 Å². The van der Waals surface area contributed by atoms with Gasteiger partial charge in [0.1, 0.15) is 18.3 Å². The molecule has 9 heteroatoms. The van der Waals surface area contributed by atoms with E-state index in [4.69, 9.17) is 4.74 Å². The summed E-state index contributed by atoms with van der Waals surface area (Å²) in [5.41, 5.74) is 3.14. The maximum Gasteiger partial charge on any atom is 0.244 e. The van der Waals surface area contributed by atoms with E-state index >= 15 is 0 Å². The summed E-state index contributed by atoms with van der Waals surface area (Å²) >= 11 is 0. The Kier molecular flexibility index (Phi) is 11.4. The minimum absolute atomic E-state index is 0.0512. The van der Waals surface area contributed by atoms with Crippen LogP contribution in [0.4, 0.5) is 5.69 Å². The summed E-state index contributed by atoms with van der Waals surface area (Å²) in [6.07, 6.45) is 6.46. The molecule has 3 aromatic rings. The van der Waals surface area contributed by atoms with Crippen molar-refractivity contribution in [1.29, 1.82) is 0 Å². The SMILES string of the molecule is COc1cccc(CN(C(=O)CN(c2ccc(C(C)C)cc2)S(C)(=O)=O)C(Cc2ccccc2)C(=O)NC2CCCCC2)c1. The van der Waals surface area contributed by atoms with Crippen LogP contribution in [0.2, 0.25) is 0 Å². The number of carbonyl (C=O) groups is 2. The number of nitrogens with zero attached hydrogens (tertiary/aromatic N) is 2. The van der Waals surface area contributed by atoms with Gasteiger partial charge in [-0.25, -0.2) is 8.42 Å². The molecule has 1 fully saturated rings. The van der Waals surface area contributed by atoms with Crippen molar-refractivity contribution in [2.75, 3.05) is 24.2 Å². The third-order valence-electron chi connectivity index (χ3n) is 8.24. The number of anilines is 1. The molecule has 0 heterocycles. The molecule has 8 nitrogen and oxygen atoms in total. The molecule has 0 bridgehead atoms. The van der Waals surface area contributed by atoms with Crippen molar-refractivity contribution in [1.82, 2.24) is 10.2 Å². The quantitative estimate of drug-likeness (QED) is 0.266. The van der Waals surface area contributed by atoms with Crippen LogP contribution in [-0.4, -0.2) is 57.1 Å². The molecule has 0 aliphatic heterocycles. The van der Waals surface area contributed by atoms with Gasteiger partial charge in [-0.3, -0.25) is 13.9 Å². The zero-order valence-corrected chi connectivity index (χ0v) is 27.1.